The summed E-state index contributed by atoms with van der Waals surface area (Å²) < 4.78 is 25.4. The minimum Gasteiger partial charge on any atom is -0.339 e. The fourth-order valence-corrected chi connectivity index (χ4v) is 4.35. The van der Waals surface area contributed by atoms with Crippen molar-refractivity contribution in [2.75, 3.05) is 45.5 Å². The summed E-state index contributed by atoms with van der Waals surface area (Å²) >= 11 is 0. The average molecular weight is 317 g/mol. The van der Waals surface area contributed by atoms with Crippen molar-refractivity contribution in [2.45, 2.75) is 38.6 Å². The van der Waals surface area contributed by atoms with Gasteiger partial charge in [-0.25, -0.2) is 8.42 Å². The molecule has 0 N–H and O–H groups in total. The lowest BCUT2D eigenvalue weighted by Gasteiger charge is -2.35. The molecule has 1 amide bonds. The number of carbonyl (C=O) groups excluding carboxylic acids is 1. The van der Waals surface area contributed by atoms with Gasteiger partial charge < -0.3 is 9.80 Å². The van der Waals surface area contributed by atoms with Gasteiger partial charge >= 0.3 is 0 Å². The topological polar surface area (TPSA) is 60.9 Å². The lowest BCUT2D eigenvalue weighted by atomic mass is 10.2. The summed E-state index contributed by atoms with van der Waals surface area (Å²) in [4.78, 5) is 16.5. The third-order valence-corrected chi connectivity index (χ3v) is 5.90. The highest BCUT2D eigenvalue weighted by molar-refractivity contribution is 7.88. The molecule has 2 fully saturated rings. The Balaban J connectivity index is 1.95. The predicted octanol–water partition coefficient (Wildman–Crippen LogP) is 0.355. The van der Waals surface area contributed by atoms with Crippen LogP contribution in [-0.2, 0) is 14.8 Å². The average Bonchev–Trinajstić information content (AvgIpc) is 2.97. The number of rotatable bonds is 5. The Morgan fingerprint density at radius 3 is 2.19 bits per heavy atom. The number of amides is 1. The molecular weight excluding hydrogens is 290 g/mol. The van der Waals surface area contributed by atoms with E-state index in [1.165, 1.54) is 10.6 Å². The number of sulfonamides is 1. The normalized spacial score (nSPS) is 22.1. The van der Waals surface area contributed by atoms with Crippen molar-refractivity contribution in [2.24, 2.45) is 0 Å². The van der Waals surface area contributed by atoms with Crippen LogP contribution in [0.4, 0.5) is 0 Å². The van der Waals surface area contributed by atoms with E-state index in [2.05, 4.69) is 11.8 Å². The molecule has 1 aliphatic carbocycles. The molecule has 6 nitrogen and oxygen atoms in total. The van der Waals surface area contributed by atoms with Gasteiger partial charge in [0.2, 0.25) is 15.9 Å². The van der Waals surface area contributed by atoms with Crippen molar-refractivity contribution in [3.05, 3.63) is 0 Å². The zero-order chi connectivity index (χ0) is 15.5. The van der Waals surface area contributed by atoms with Gasteiger partial charge in [-0.15, -0.1) is 0 Å². The molecule has 0 unspecified atom stereocenters. The van der Waals surface area contributed by atoms with Crippen molar-refractivity contribution in [1.29, 1.82) is 0 Å². The monoisotopic (exact) mass is 317 g/mol. The fourth-order valence-electron chi connectivity index (χ4n) is 3.26. The molecule has 7 heteroatoms. The largest absolute Gasteiger partial charge is 0.339 e. The smallest absolute Gasteiger partial charge is 0.237 e. The minimum absolute atomic E-state index is 0.00955. The first-order chi connectivity index (χ1) is 9.91. The van der Waals surface area contributed by atoms with Crippen molar-refractivity contribution in [1.82, 2.24) is 14.1 Å². The minimum atomic E-state index is -3.32. The van der Waals surface area contributed by atoms with Gasteiger partial charge in [-0.2, -0.15) is 4.31 Å². The van der Waals surface area contributed by atoms with Crippen LogP contribution in [0.2, 0.25) is 0 Å². The summed E-state index contributed by atoms with van der Waals surface area (Å²) in [5.74, 6) is -0.0527. The van der Waals surface area contributed by atoms with E-state index in [9.17, 15) is 13.2 Å². The van der Waals surface area contributed by atoms with Gasteiger partial charge in [0.1, 0.15) is 0 Å². The highest BCUT2D eigenvalue weighted by atomic mass is 32.2. The van der Waals surface area contributed by atoms with E-state index in [4.69, 9.17) is 0 Å². The first kappa shape index (κ1) is 16.7. The molecule has 1 aliphatic heterocycles. The van der Waals surface area contributed by atoms with Crippen LogP contribution in [0.25, 0.3) is 0 Å². The maximum absolute atomic E-state index is 12.4. The van der Waals surface area contributed by atoms with Gasteiger partial charge in [0.15, 0.2) is 0 Å². The molecule has 0 atom stereocenters. The number of piperazine rings is 1. The highest BCUT2D eigenvalue weighted by Gasteiger charge is 2.32. The predicted molar refractivity (Wildman–Crippen MR) is 82.5 cm³/mol. The van der Waals surface area contributed by atoms with Crippen LogP contribution in [0.1, 0.15) is 32.6 Å². The molecule has 0 aromatic rings. The molecule has 21 heavy (non-hydrogen) atoms. The molecule has 1 heterocycles. The summed E-state index contributed by atoms with van der Waals surface area (Å²) in [6.07, 6.45) is 5.08. The van der Waals surface area contributed by atoms with Gasteiger partial charge in [0.25, 0.3) is 0 Å². The molecule has 0 bridgehead atoms. The van der Waals surface area contributed by atoms with E-state index in [-0.39, 0.29) is 18.5 Å². The van der Waals surface area contributed by atoms with Crippen LogP contribution >= 0.6 is 0 Å². The SMILES string of the molecule is CCN1CCN(C(=O)CN(C2CCCC2)S(C)(=O)=O)CC1. The Hall–Kier alpha value is -0.660. The molecule has 0 aromatic carbocycles. The van der Waals surface area contributed by atoms with Crippen LogP contribution in [0.5, 0.6) is 0 Å². The van der Waals surface area contributed by atoms with Crippen LogP contribution in [-0.4, -0.2) is 80.0 Å². The second-order valence-electron chi connectivity index (χ2n) is 6.06. The van der Waals surface area contributed by atoms with Crippen molar-refractivity contribution in [3.63, 3.8) is 0 Å². The number of hydrogen-bond donors (Lipinski definition) is 0. The summed E-state index contributed by atoms with van der Waals surface area (Å²) in [6, 6.07) is 0.0147. The second-order valence-corrected chi connectivity index (χ2v) is 8.00. The van der Waals surface area contributed by atoms with E-state index >= 15 is 0 Å². The van der Waals surface area contributed by atoms with Gasteiger partial charge in [-0.3, -0.25) is 4.79 Å². The molecule has 0 aromatic heterocycles. The lowest BCUT2D eigenvalue weighted by Crippen LogP contribution is -2.52. The molecule has 1 saturated heterocycles. The van der Waals surface area contributed by atoms with Crippen LogP contribution < -0.4 is 0 Å². The van der Waals surface area contributed by atoms with Crippen LogP contribution in [0.3, 0.4) is 0 Å². The molecule has 122 valence electrons. The number of hydrogen-bond acceptors (Lipinski definition) is 4. The van der Waals surface area contributed by atoms with Gasteiger partial charge in [0, 0.05) is 32.2 Å². The van der Waals surface area contributed by atoms with Crippen molar-refractivity contribution in [3.8, 4) is 0 Å². The lowest BCUT2D eigenvalue weighted by molar-refractivity contribution is -0.133. The summed E-state index contributed by atoms with van der Waals surface area (Å²) in [5, 5.41) is 0. The maximum atomic E-state index is 12.4. The standard InChI is InChI=1S/C14H27N3O3S/c1-3-15-8-10-16(11-9-15)14(18)12-17(21(2,19)20)13-6-4-5-7-13/h13H,3-12H2,1-2H3. The first-order valence-electron chi connectivity index (χ1n) is 7.88. The third kappa shape index (κ3) is 4.40. The molecule has 0 radical (unpaired) electrons. The van der Waals surface area contributed by atoms with Gasteiger partial charge in [0.05, 0.1) is 12.8 Å². The number of carbonyl (C=O) groups is 1. The van der Waals surface area contributed by atoms with Crippen molar-refractivity contribution >= 4 is 15.9 Å². The summed E-state index contributed by atoms with van der Waals surface area (Å²) in [6.45, 7) is 6.29. The Kier molecular flexibility index (Phi) is 5.62. The molecule has 2 rings (SSSR count). The van der Waals surface area contributed by atoms with E-state index in [0.717, 1.165) is 45.3 Å². The van der Waals surface area contributed by atoms with Gasteiger partial charge in [-0.1, -0.05) is 19.8 Å². The van der Waals surface area contributed by atoms with Crippen LogP contribution in [0.15, 0.2) is 0 Å². The molecule has 2 aliphatic rings. The summed E-state index contributed by atoms with van der Waals surface area (Å²) in [5.41, 5.74) is 0. The Bertz CT molecular complexity index is 452. The van der Waals surface area contributed by atoms with E-state index in [0.29, 0.717) is 13.1 Å². The first-order valence-corrected chi connectivity index (χ1v) is 9.73. The number of likely N-dealkylation sites (N-methyl/N-ethyl adjacent to an activating group) is 1. The molecular formula is C14H27N3O3S. The molecule has 1 saturated carbocycles. The third-order valence-electron chi connectivity index (χ3n) is 4.62. The number of nitrogens with zero attached hydrogens (tertiary/aromatic N) is 3. The maximum Gasteiger partial charge on any atom is 0.237 e. The second kappa shape index (κ2) is 7.07. The van der Waals surface area contributed by atoms with E-state index < -0.39 is 10.0 Å². The summed E-state index contributed by atoms with van der Waals surface area (Å²) in [7, 11) is -3.32. The van der Waals surface area contributed by atoms with E-state index in [1.807, 2.05) is 0 Å². The van der Waals surface area contributed by atoms with Crippen LogP contribution in [0, 0.1) is 0 Å². The Labute approximate surface area is 128 Å². The zero-order valence-electron chi connectivity index (χ0n) is 13.1. The fraction of sp³-hybridized carbons (Fsp3) is 0.929. The Morgan fingerprint density at radius 2 is 1.71 bits per heavy atom. The molecule has 0 spiro atoms. The zero-order valence-corrected chi connectivity index (χ0v) is 13.9. The quantitative estimate of drug-likeness (QED) is 0.734. The Morgan fingerprint density at radius 1 is 1.14 bits per heavy atom. The van der Waals surface area contributed by atoms with Gasteiger partial charge in [-0.05, 0) is 19.4 Å². The van der Waals surface area contributed by atoms with Crippen molar-refractivity contribution < 1.29 is 13.2 Å². The van der Waals surface area contributed by atoms with E-state index in [1.54, 1.807) is 4.90 Å². The highest BCUT2D eigenvalue weighted by Crippen LogP contribution is 2.25.